The number of thiol groups is 1. The zero-order chi connectivity index (χ0) is 8.15. The van der Waals surface area contributed by atoms with Gasteiger partial charge in [0.25, 0.3) is 0 Å². The number of hydrogen-bond acceptors (Lipinski definition) is 4. The van der Waals surface area contributed by atoms with Gasteiger partial charge in [0, 0.05) is 12.1 Å². The van der Waals surface area contributed by atoms with Gasteiger partial charge >= 0.3 is 0 Å². The predicted molar refractivity (Wildman–Crippen MR) is 57.5 cm³/mol. The van der Waals surface area contributed by atoms with E-state index in [-0.39, 0.29) is 11.1 Å². The molecular weight excluding hydrogens is 184 g/mol. The topological polar surface area (TPSA) is 6.48 Å². The van der Waals surface area contributed by atoms with E-state index < -0.39 is 0 Å². The molecule has 64 valence electrons. The lowest BCUT2D eigenvalue weighted by atomic mass is 11.3. The molecule has 0 fully saturated rings. The minimum Gasteiger partial charge on any atom is -0.242 e. The van der Waals surface area contributed by atoms with Crippen molar-refractivity contribution in [1.82, 2.24) is 7.42 Å². The molecule has 0 N–H and O–H groups in total. The van der Waals surface area contributed by atoms with Crippen LogP contribution >= 0.6 is 35.2 Å². The molecule has 0 spiro atoms. The molecule has 0 saturated carbocycles. The van der Waals surface area contributed by atoms with Crippen molar-refractivity contribution >= 4 is 35.2 Å². The molecule has 0 aromatic heterocycles. The molecule has 0 aliphatic rings. The third-order valence-corrected chi connectivity index (χ3v) is 5.46. The summed E-state index contributed by atoms with van der Waals surface area (Å²) in [5, 5.41) is 0. The number of hydrogen-bond donors (Lipinski definition) is 1. The molecule has 10 heavy (non-hydrogen) atoms. The van der Waals surface area contributed by atoms with E-state index in [0.717, 1.165) is 0 Å². The van der Waals surface area contributed by atoms with Gasteiger partial charge in [0.15, 0.2) is 0 Å². The van der Waals surface area contributed by atoms with Gasteiger partial charge in [0.05, 0.1) is 0 Å². The SMILES string of the molecule is CSN(SN(C)C)[SH](C)C. The van der Waals surface area contributed by atoms with Crippen LogP contribution in [0.3, 0.4) is 0 Å². The zero-order valence-electron chi connectivity index (χ0n) is 7.16. The summed E-state index contributed by atoms with van der Waals surface area (Å²) in [6, 6.07) is 0. The second-order valence-corrected chi connectivity index (χ2v) is 7.02. The highest BCUT2D eigenvalue weighted by atomic mass is 32.3. The lowest BCUT2D eigenvalue weighted by Gasteiger charge is -2.26. The fourth-order valence-corrected chi connectivity index (χ4v) is 3.68. The van der Waals surface area contributed by atoms with Crippen molar-refractivity contribution in [2.45, 2.75) is 0 Å². The van der Waals surface area contributed by atoms with Crippen LogP contribution in [0.15, 0.2) is 0 Å². The third-order valence-electron chi connectivity index (χ3n) is 0.716. The van der Waals surface area contributed by atoms with E-state index in [0.29, 0.717) is 0 Å². The average Bonchev–Trinajstić information content (AvgIpc) is 1.81. The second-order valence-electron chi connectivity index (χ2n) is 2.16. The van der Waals surface area contributed by atoms with Crippen molar-refractivity contribution < 1.29 is 0 Å². The fraction of sp³-hybridized carbons (Fsp3) is 1.00. The maximum Gasteiger partial charge on any atom is 0.0290 e. The highest BCUT2D eigenvalue weighted by Crippen LogP contribution is 2.36. The summed E-state index contributed by atoms with van der Waals surface area (Å²) in [6.45, 7) is 0. The maximum absolute atomic E-state index is 2.31. The van der Waals surface area contributed by atoms with Crippen LogP contribution in [0.5, 0.6) is 0 Å². The van der Waals surface area contributed by atoms with Crippen molar-refractivity contribution in [2.75, 3.05) is 32.9 Å². The Kier molecular flexibility index (Phi) is 6.14. The summed E-state index contributed by atoms with van der Waals surface area (Å²) in [6.07, 6.45) is 6.61. The summed E-state index contributed by atoms with van der Waals surface area (Å²) in [7, 11) is 4.12. The molecule has 0 aliphatic carbocycles. The molecule has 5 heteroatoms. The van der Waals surface area contributed by atoms with Crippen molar-refractivity contribution in [2.24, 2.45) is 0 Å². The van der Waals surface area contributed by atoms with Gasteiger partial charge in [-0.1, -0.05) is 11.9 Å². The first kappa shape index (κ1) is 11.0. The van der Waals surface area contributed by atoms with E-state index >= 15 is 0 Å². The minimum absolute atomic E-state index is 0.0211. The predicted octanol–water partition coefficient (Wildman–Crippen LogP) is 1.87. The Morgan fingerprint density at radius 3 is 1.80 bits per heavy atom. The van der Waals surface area contributed by atoms with Crippen molar-refractivity contribution in [1.29, 1.82) is 0 Å². The second kappa shape index (κ2) is 5.60. The molecule has 2 nitrogen and oxygen atoms in total. The monoisotopic (exact) mass is 200 g/mol. The molecule has 0 unspecified atom stereocenters. The molecule has 0 bridgehead atoms. The van der Waals surface area contributed by atoms with Crippen LogP contribution in [0.1, 0.15) is 0 Å². The standard InChI is InChI=1S/C5H16N2S3/c1-6(2)9-7(8-3)10(4)5/h10H,1-5H3. The largest absolute Gasteiger partial charge is 0.242 e. The van der Waals surface area contributed by atoms with E-state index in [9.17, 15) is 0 Å². The van der Waals surface area contributed by atoms with Crippen LogP contribution in [-0.2, 0) is 0 Å². The van der Waals surface area contributed by atoms with E-state index in [1.807, 2.05) is 0 Å². The van der Waals surface area contributed by atoms with Crippen LogP contribution in [0.4, 0.5) is 0 Å². The first-order valence-corrected chi connectivity index (χ1v) is 7.05. The van der Waals surface area contributed by atoms with E-state index in [2.05, 4.69) is 40.3 Å². The van der Waals surface area contributed by atoms with E-state index in [4.69, 9.17) is 0 Å². The van der Waals surface area contributed by atoms with Gasteiger partial charge in [0.1, 0.15) is 0 Å². The molecular formula is C5H16N2S3. The maximum atomic E-state index is 2.31. The number of rotatable bonds is 4. The van der Waals surface area contributed by atoms with Crippen molar-refractivity contribution in [3.63, 3.8) is 0 Å². The Labute approximate surface area is 75.6 Å². The zero-order valence-corrected chi connectivity index (χ0v) is 9.69. The number of nitrogens with zero attached hydrogens (tertiary/aromatic N) is 2. The first-order chi connectivity index (χ1) is 4.57. The third kappa shape index (κ3) is 4.73. The quantitative estimate of drug-likeness (QED) is 0.546. The van der Waals surface area contributed by atoms with Crippen LogP contribution in [-0.4, -0.2) is 40.3 Å². The molecule has 0 amide bonds. The van der Waals surface area contributed by atoms with Crippen LogP contribution in [0.2, 0.25) is 0 Å². The molecule has 0 radical (unpaired) electrons. The van der Waals surface area contributed by atoms with Crippen LogP contribution in [0, 0.1) is 0 Å². The Bertz CT molecular complexity index is 87.0. The van der Waals surface area contributed by atoms with Gasteiger partial charge in [-0.3, -0.25) is 0 Å². The Morgan fingerprint density at radius 1 is 1.20 bits per heavy atom. The Hall–Kier alpha value is 0.970. The van der Waals surface area contributed by atoms with Crippen LogP contribution in [0.25, 0.3) is 0 Å². The molecule has 0 aliphatic heterocycles. The molecule has 0 saturated heterocycles. The Morgan fingerprint density at radius 2 is 1.70 bits per heavy atom. The van der Waals surface area contributed by atoms with Crippen LogP contribution < -0.4 is 0 Å². The molecule has 0 rings (SSSR count). The lowest BCUT2D eigenvalue weighted by molar-refractivity contribution is 0.693. The van der Waals surface area contributed by atoms with Crippen molar-refractivity contribution in [3.05, 3.63) is 0 Å². The smallest absolute Gasteiger partial charge is 0.0290 e. The Balaban J connectivity index is 3.60. The molecule has 0 aromatic rings. The summed E-state index contributed by atoms with van der Waals surface area (Å²) in [5.74, 6) is 0. The van der Waals surface area contributed by atoms with Gasteiger partial charge < -0.3 is 0 Å². The van der Waals surface area contributed by atoms with Gasteiger partial charge in [-0.25, -0.2) is 4.31 Å². The minimum atomic E-state index is 0.0211. The van der Waals surface area contributed by atoms with Gasteiger partial charge in [-0.2, -0.15) is 11.1 Å². The molecule has 0 atom stereocenters. The highest BCUT2D eigenvalue weighted by Gasteiger charge is 2.06. The molecule has 0 aromatic carbocycles. The lowest BCUT2D eigenvalue weighted by Crippen LogP contribution is -2.10. The summed E-state index contributed by atoms with van der Waals surface area (Å²) in [4.78, 5) is 0. The summed E-state index contributed by atoms with van der Waals surface area (Å²) in [5.41, 5.74) is 0. The first-order valence-electron chi connectivity index (χ1n) is 2.94. The van der Waals surface area contributed by atoms with E-state index in [1.54, 1.807) is 24.1 Å². The van der Waals surface area contributed by atoms with Gasteiger partial charge in [-0.05, 0) is 32.9 Å². The van der Waals surface area contributed by atoms with E-state index in [1.165, 1.54) is 0 Å². The summed E-state index contributed by atoms with van der Waals surface area (Å²) < 4.78 is 4.42. The fourth-order valence-electron chi connectivity index (χ4n) is 0.409. The normalized spacial score (nSPS) is 12.9. The van der Waals surface area contributed by atoms with Crippen molar-refractivity contribution in [3.8, 4) is 0 Å². The summed E-state index contributed by atoms with van der Waals surface area (Å²) >= 11 is 3.58. The van der Waals surface area contributed by atoms with Gasteiger partial charge in [-0.15, -0.1) is 3.12 Å². The van der Waals surface area contributed by atoms with Gasteiger partial charge in [0.2, 0.25) is 0 Å². The average molecular weight is 200 g/mol. The molecule has 0 heterocycles. The highest BCUT2D eigenvalue weighted by molar-refractivity contribution is 8.31.